The maximum absolute atomic E-state index is 4.98. The predicted molar refractivity (Wildman–Crippen MR) is 102 cm³/mol. The Morgan fingerprint density at radius 1 is 0.917 bits per heavy atom. The molecule has 1 fully saturated rings. The number of pyridine rings is 1. The van der Waals surface area contributed by atoms with Gasteiger partial charge in [-0.05, 0) is 29.8 Å². The number of para-hydroxylation sites is 1. The van der Waals surface area contributed by atoms with Gasteiger partial charge in [-0.1, -0.05) is 52.3 Å². The van der Waals surface area contributed by atoms with E-state index in [-0.39, 0.29) is 6.04 Å². The Hall–Kier alpha value is -1.75. The summed E-state index contributed by atoms with van der Waals surface area (Å²) < 4.78 is 1.11. The van der Waals surface area contributed by atoms with Gasteiger partial charge in [0, 0.05) is 36.0 Å². The van der Waals surface area contributed by atoms with Gasteiger partial charge in [0.2, 0.25) is 0 Å². The molecular weight excluding hydrogens is 362 g/mol. The average Bonchev–Trinajstić information content (AvgIpc) is 2.64. The van der Waals surface area contributed by atoms with Crippen LogP contribution in [0.25, 0.3) is 10.9 Å². The van der Waals surface area contributed by atoms with Crippen molar-refractivity contribution in [3.8, 4) is 0 Å². The van der Waals surface area contributed by atoms with Gasteiger partial charge in [0.15, 0.2) is 0 Å². The molecule has 1 aliphatic rings. The van der Waals surface area contributed by atoms with Crippen LogP contribution in [0.2, 0.25) is 0 Å². The summed E-state index contributed by atoms with van der Waals surface area (Å²) in [6.45, 7) is 4.13. The van der Waals surface area contributed by atoms with Crippen molar-refractivity contribution in [2.75, 3.05) is 26.2 Å². The minimum atomic E-state index is 0.199. The van der Waals surface area contributed by atoms with E-state index in [2.05, 4.69) is 86.8 Å². The molecule has 122 valence electrons. The average molecular weight is 382 g/mol. The normalized spacial score (nSPS) is 17.0. The molecule has 4 rings (SSSR count). The van der Waals surface area contributed by atoms with Crippen molar-refractivity contribution in [3.05, 3.63) is 76.4 Å². The van der Waals surface area contributed by atoms with Crippen LogP contribution in [0.5, 0.6) is 0 Å². The quantitative estimate of drug-likeness (QED) is 0.743. The summed E-state index contributed by atoms with van der Waals surface area (Å²) in [5.74, 6) is 0. The number of hydrogen-bond donors (Lipinski definition) is 1. The summed E-state index contributed by atoms with van der Waals surface area (Å²) in [6, 6.07) is 21.5. The number of benzene rings is 2. The Balaban J connectivity index is 1.79. The summed E-state index contributed by atoms with van der Waals surface area (Å²) in [5, 5.41) is 4.63. The van der Waals surface area contributed by atoms with Crippen LogP contribution in [0, 0.1) is 0 Å². The summed E-state index contributed by atoms with van der Waals surface area (Å²) in [5.41, 5.74) is 3.48. The fourth-order valence-electron chi connectivity index (χ4n) is 3.39. The fourth-order valence-corrected chi connectivity index (χ4v) is 3.65. The third kappa shape index (κ3) is 3.22. The standard InChI is InChI=1S/C20H20BrN3/c21-17-8-5-16(6-9-17)20(24-13-11-22-12-14-24)19-10-7-15-3-1-2-4-18(15)23-19/h1-10,20,22H,11-14H2. The van der Waals surface area contributed by atoms with Crippen LogP contribution in [0.3, 0.4) is 0 Å². The van der Waals surface area contributed by atoms with E-state index < -0.39 is 0 Å². The van der Waals surface area contributed by atoms with E-state index in [9.17, 15) is 0 Å². The molecule has 4 heteroatoms. The van der Waals surface area contributed by atoms with Gasteiger partial charge in [0.1, 0.15) is 0 Å². The maximum Gasteiger partial charge on any atom is 0.0777 e. The van der Waals surface area contributed by atoms with Gasteiger partial charge >= 0.3 is 0 Å². The molecule has 1 N–H and O–H groups in total. The van der Waals surface area contributed by atoms with Gasteiger partial charge < -0.3 is 5.32 Å². The Morgan fingerprint density at radius 2 is 1.67 bits per heavy atom. The van der Waals surface area contributed by atoms with Gasteiger partial charge in [0.05, 0.1) is 17.3 Å². The zero-order chi connectivity index (χ0) is 16.4. The Morgan fingerprint density at radius 3 is 2.46 bits per heavy atom. The highest BCUT2D eigenvalue weighted by Crippen LogP contribution is 2.30. The molecule has 0 radical (unpaired) electrons. The third-order valence-electron chi connectivity index (χ3n) is 4.60. The summed E-state index contributed by atoms with van der Waals surface area (Å²) in [4.78, 5) is 7.50. The van der Waals surface area contributed by atoms with Gasteiger partial charge in [-0.25, -0.2) is 0 Å². The minimum Gasteiger partial charge on any atom is -0.314 e. The van der Waals surface area contributed by atoms with E-state index in [1.165, 1.54) is 10.9 Å². The first-order chi connectivity index (χ1) is 11.8. The zero-order valence-corrected chi connectivity index (χ0v) is 15.0. The zero-order valence-electron chi connectivity index (χ0n) is 13.5. The molecule has 0 amide bonds. The topological polar surface area (TPSA) is 28.2 Å². The van der Waals surface area contributed by atoms with E-state index in [0.717, 1.165) is 41.9 Å². The van der Waals surface area contributed by atoms with Crippen molar-refractivity contribution >= 4 is 26.8 Å². The third-order valence-corrected chi connectivity index (χ3v) is 5.13. The van der Waals surface area contributed by atoms with Crippen LogP contribution < -0.4 is 5.32 Å². The molecule has 1 aliphatic heterocycles. The van der Waals surface area contributed by atoms with Crippen molar-refractivity contribution in [2.45, 2.75) is 6.04 Å². The maximum atomic E-state index is 4.98. The van der Waals surface area contributed by atoms with Crippen molar-refractivity contribution in [3.63, 3.8) is 0 Å². The van der Waals surface area contributed by atoms with Crippen LogP contribution >= 0.6 is 15.9 Å². The molecule has 2 aromatic carbocycles. The number of hydrogen-bond acceptors (Lipinski definition) is 3. The number of nitrogens with zero attached hydrogens (tertiary/aromatic N) is 2. The number of nitrogens with one attached hydrogen (secondary N) is 1. The number of halogens is 1. The minimum absolute atomic E-state index is 0.199. The largest absolute Gasteiger partial charge is 0.314 e. The van der Waals surface area contributed by atoms with Crippen LogP contribution in [-0.2, 0) is 0 Å². The number of aromatic nitrogens is 1. The smallest absolute Gasteiger partial charge is 0.0777 e. The van der Waals surface area contributed by atoms with Crippen molar-refractivity contribution in [2.24, 2.45) is 0 Å². The van der Waals surface area contributed by atoms with Crippen LogP contribution in [0.4, 0.5) is 0 Å². The second kappa shape index (κ2) is 7.01. The molecular formula is C20H20BrN3. The Kier molecular flexibility index (Phi) is 4.60. The number of rotatable bonds is 3. The van der Waals surface area contributed by atoms with Crippen LogP contribution in [0.15, 0.2) is 65.1 Å². The fraction of sp³-hybridized carbons (Fsp3) is 0.250. The SMILES string of the molecule is Brc1ccc(C(c2ccc3ccccc3n2)N2CCNCC2)cc1. The lowest BCUT2D eigenvalue weighted by atomic mass is 10.00. The molecule has 2 heterocycles. The van der Waals surface area contributed by atoms with E-state index in [0.29, 0.717) is 0 Å². The van der Waals surface area contributed by atoms with Crippen molar-refractivity contribution < 1.29 is 0 Å². The van der Waals surface area contributed by atoms with Gasteiger partial charge in [-0.3, -0.25) is 9.88 Å². The lowest BCUT2D eigenvalue weighted by Crippen LogP contribution is -2.45. The monoisotopic (exact) mass is 381 g/mol. The number of fused-ring (bicyclic) bond motifs is 1. The first-order valence-corrected chi connectivity index (χ1v) is 9.16. The Labute approximate surface area is 150 Å². The molecule has 3 aromatic rings. The molecule has 1 unspecified atom stereocenters. The van der Waals surface area contributed by atoms with Gasteiger partial charge in [0.25, 0.3) is 0 Å². The predicted octanol–water partition coefficient (Wildman–Crippen LogP) is 3.99. The van der Waals surface area contributed by atoms with Crippen LogP contribution in [0.1, 0.15) is 17.3 Å². The van der Waals surface area contributed by atoms with E-state index in [1.54, 1.807) is 0 Å². The highest BCUT2D eigenvalue weighted by molar-refractivity contribution is 9.10. The number of piperazine rings is 1. The second-order valence-corrected chi connectivity index (χ2v) is 7.08. The first kappa shape index (κ1) is 15.8. The molecule has 3 nitrogen and oxygen atoms in total. The van der Waals surface area contributed by atoms with Crippen LogP contribution in [-0.4, -0.2) is 36.1 Å². The van der Waals surface area contributed by atoms with Crippen molar-refractivity contribution in [1.82, 2.24) is 15.2 Å². The highest BCUT2D eigenvalue weighted by Gasteiger charge is 2.25. The highest BCUT2D eigenvalue weighted by atomic mass is 79.9. The van der Waals surface area contributed by atoms with Crippen molar-refractivity contribution in [1.29, 1.82) is 0 Å². The molecule has 24 heavy (non-hydrogen) atoms. The van der Waals surface area contributed by atoms with E-state index >= 15 is 0 Å². The molecule has 0 aliphatic carbocycles. The molecule has 1 saturated heterocycles. The van der Waals surface area contributed by atoms with E-state index in [1.807, 2.05) is 0 Å². The first-order valence-electron chi connectivity index (χ1n) is 8.37. The van der Waals surface area contributed by atoms with E-state index in [4.69, 9.17) is 4.98 Å². The molecule has 0 saturated carbocycles. The van der Waals surface area contributed by atoms with Gasteiger partial charge in [-0.15, -0.1) is 0 Å². The summed E-state index contributed by atoms with van der Waals surface area (Å²) in [6.07, 6.45) is 0. The molecule has 1 atom stereocenters. The Bertz CT molecular complexity index is 826. The second-order valence-electron chi connectivity index (χ2n) is 6.17. The summed E-state index contributed by atoms with van der Waals surface area (Å²) in [7, 11) is 0. The molecule has 1 aromatic heterocycles. The summed E-state index contributed by atoms with van der Waals surface area (Å²) >= 11 is 3.54. The lowest BCUT2D eigenvalue weighted by molar-refractivity contribution is 0.196. The lowest BCUT2D eigenvalue weighted by Gasteiger charge is -2.35. The molecule has 0 spiro atoms. The molecule has 0 bridgehead atoms. The van der Waals surface area contributed by atoms with Gasteiger partial charge in [-0.2, -0.15) is 0 Å².